The molecule has 0 saturated heterocycles. The Labute approximate surface area is 242 Å². The highest BCUT2D eigenvalue weighted by atomic mass is 16.6. The summed E-state index contributed by atoms with van der Waals surface area (Å²) in [5, 5.41) is 10.4. The number of ether oxygens (including phenoxy) is 2. The number of rotatable bonds is 13. The van der Waals surface area contributed by atoms with E-state index in [1.807, 2.05) is 6.07 Å². The average molecular weight is 579 g/mol. The van der Waals surface area contributed by atoms with E-state index in [0.29, 0.717) is 19.4 Å². The number of unbranched alkanes of at least 4 members (excludes halogenated alkanes) is 1. The van der Waals surface area contributed by atoms with Crippen molar-refractivity contribution in [1.82, 2.24) is 26.7 Å². The van der Waals surface area contributed by atoms with Crippen LogP contribution in [0.3, 0.4) is 0 Å². The molecule has 0 heterocycles. The first-order chi connectivity index (χ1) is 19.0. The zero-order valence-electron chi connectivity index (χ0n) is 25.1. The Bertz CT molecular complexity index is 1020. The third-order valence-corrected chi connectivity index (χ3v) is 5.41. The molecule has 230 valence electrons. The minimum atomic E-state index is -1.06. The number of amides is 5. The summed E-state index contributed by atoms with van der Waals surface area (Å²) in [5.74, 6) is 3.52. The first-order valence-corrected chi connectivity index (χ1v) is 13.6. The van der Waals surface area contributed by atoms with Crippen LogP contribution in [0.2, 0.25) is 0 Å². The number of carbonyl (C=O) groups excluding carboxylic acids is 5. The molecule has 1 aromatic rings. The Morgan fingerprint density at radius 2 is 1.32 bits per heavy atom. The van der Waals surface area contributed by atoms with Crippen molar-refractivity contribution < 1.29 is 33.4 Å². The predicted molar refractivity (Wildman–Crippen MR) is 153 cm³/mol. The second-order valence-corrected chi connectivity index (χ2v) is 11.6. The van der Waals surface area contributed by atoms with E-state index in [0.717, 1.165) is 5.56 Å². The van der Waals surface area contributed by atoms with Crippen LogP contribution in [0.15, 0.2) is 30.3 Å². The van der Waals surface area contributed by atoms with Crippen molar-refractivity contribution in [2.45, 2.75) is 103 Å². The maximum absolute atomic E-state index is 13.3. The normalized spacial score (nSPS) is 13.6. The van der Waals surface area contributed by atoms with Crippen LogP contribution >= 0.6 is 0 Å². The van der Waals surface area contributed by atoms with Gasteiger partial charge < -0.3 is 30.7 Å². The monoisotopic (exact) mass is 578 g/mol. The van der Waals surface area contributed by atoms with E-state index in [1.54, 1.807) is 65.8 Å². The molecule has 0 fully saturated rings. The largest absolute Gasteiger partial charge is 0.444 e. The molecule has 3 atom stereocenters. The molecule has 0 spiro atoms. The van der Waals surface area contributed by atoms with Gasteiger partial charge in [-0.3, -0.25) is 19.8 Å². The standard InChI is InChI=1S/C28H46N6O7/c1-18(31-26(39)41-28(5,6)7)22(35)33-21(17-19-13-9-8-10-14-19)23(36)32-20(24(37)34-29)15-11-12-16-30-25(38)40-27(2,3)4/h8-10,13-14,18,20-21H,11-12,15-17,29H2,1-7H3,(H,30,38)(H,31,39)(H,32,36)(H,33,35)(H,34,37)/t18-,20-,21-/m0/s1. The predicted octanol–water partition coefficient (Wildman–Crippen LogP) is 1.80. The van der Waals surface area contributed by atoms with E-state index in [1.165, 1.54) is 6.92 Å². The molecular formula is C28H46N6O7. The maximum Gasteiger partial charge on any atom is 0.408 e. The Hall–Kier alpha value is -3.87. The SMILES string of the molecule is C[C@H](NC(=O)OC(C)(C)C)C(=O)N[C@@H](Cc1ccccc1)C(=O)N[C@@H](CCCCNC(=O)OC(C)(C)C)C(=O)NN. The van der Waals surface area contributed by atoms with Gasteiger partial charge in [-0.15, -0.1) is 0 Å². The molecule has 0 bridgehead atoms. The Balaban J connectivity index is 2.85. The van der Waals surface area contributed by atoms with Crippen molar-refractivity contribution >= 4 is 29.9 Å². The number of hydrogen-bond acceptors (Lipinski definition) is 8. The van der Waals surface area contributed by atoms with Crippen LogP contribution in [-0.4, -0.2) is 65.8 Å². The Kier molecular flexibility index (Phi) is 14.1. The molecule has 13 heteroatoms. The lowest BCUT2D eigenvalue weighted by Gasteiger charge is -2.25. The fourth-order valence-corrected chi connectivity index (χ4v) is 3.53. The fourth-order valence-electron chi connectivity index (χ4n) is 3.53. The van der Waals surface area contributed by atoms with Crippen molar-refractivity contribution in [2.75, 3.05) is 6.54 Å². The minimum absolute atomic E-state index is 0.133. The van der Waals surface area contributed by atoms with E-state index < -0.39 is 59.2 Å². The zero-order chi connectivity index (χ0) is 31.2. The van der Waals surface area contributed by atoms with Gasteiger partial charge in [0.2, 0.25) is 11.8 Å². The third kappa shape index (κ3) is 15.5. The van der Waals surface area contributed by atoms with Crippen LogP contribution in [0, 0.1) is 0 Å². The molecule has 0 aliphatic rings. The van der Waals surface area contributed by atoms with Crippen LogP contribution in [-0.2, 0) is 30.3 Å². The number of carbonyl (C=O) groups is 5. The van der Waals surface area contributed by atoms with Crippen molar-refractivity contribution in [3.05, 3.63) is 35.9 Å². The molecule has 5 amide bonds. The van der Waals surface area contributed by atoms with Crippen LogP contribution in [0.25, 0.3) is 0 Å². The van der Waals surface area contributed by atoms with Crippen molar-refractivity contribution in [2.24, 2.45) is 5.84 Å². The van der Waals surface area contributed by atoms with Crippen molar-refractivity contribution in [3.63, 3.8) is 0 Å². The van der Waals surface area contributed by atoms with Gasteiger partial charge in [0.25, 0.3) is 5.91 Å². The van der Waals surface area contributed by atoms with Gasteiger partial charge in [-0.2, -0.15) is 0 Å². The van der Waals surface area contributed by atoms with Crippen LogP contribution in [0.4, 0.5) is 9.59 Å². The van der Waals surface area contributed by atoms with E-state index in [9.17, 15) is 24.0 Å². The molecule has 7 N–H and O–H groups in total. The van der Waals surface area contributed by atoms with Gasteiger partial charge in [0.1, 0.15) is 29.3 Å². The smallest absolute Gasteiger partial charge is 0.408 e. The number of benzene rings is 1. The van der Waals surface area contributed by atoms with Gasteiger partial charge in [-0.25, -0.2) is 15.4 Å². The maximum atomic E-state index is 13.3. The van der Waals surface area contributed by atoms with E-state index >= 15 is 0 Å². The topological polar surface area (TPSA) is 190 Å². The molecule has 0 aromatic heterocycles. The zero-order valence-corrected chi connectivity index (χ0v) is 25.1. The summed E-state index contributed by atoms with van der Waals surface area (Å²) in [4.78, 5) is 62.6. The lowest BCUT2D eigenvalue weighted by Crippen LogP contribution is -2.57. The average Bonchev–Trinajstić information content (AvgIpc) is 2.85. The molecule has 0 aliphatic heterocycles. The van der Waals surface area contributed by atoms with Crippen molar-refractivity contribution in [1.29, 1.82) is 0 Å². The van der Waals surface area contributed by atoms with Crippen molar-refractivity contribution in [3.8, 4) is 0 Å². The lowest BCUT2D eigenvalue weighted by atomic mass is 10.0. The molecule has 13 nitrogen and oxygen atoms in total. The molecular weight excluding hydrogens is 532 g/mol. The number of hydrazine groups is 1. The van der Waals surface area contributed by atoms with Gasteiger partial charge in [0, 0.05) is 13.0 Å². The second-order valence-electron chi connectivity index (χ2n) is 11.6. The van der Waals surface area contributed by atoms with Crippen LogP contribution in [0.1, 0.15) is 73.3 Å². The Morgan fingerprint density at radius 1 is 0.756 bits per heavy atom. The summed E-state index contributed by atoms with van der Waals surface area (Å²) in [6.45, 7) is 12.2. The first kappa shape index (κ1) is 35.2. The summed E-state index contributed by atoms with van der Waals surface area (Å²) in [6, 6.07) is 5.98. The molecule has 1 aromatic carbocycles. The van der Waals surface area contributed by atoms with Crippen LogP contribution < -0.4 is 32.5 Å². The van der Waals surface area contributed by atoms with E-state index in [2.05, 4.69) is 26.7 Å². The van der Waals surface area contributed by atoms with Gasteiger partial charge >= 0.3 is 12.2 Å². The number of nitrogens with one attached hydrogen (secondary N) is 5. The number of hydrogen-bond donors (Lipinski definition) is 6. The summed E-state index contributed by atoms with van der Waals surface area (Å²) < 4.78 is 10.4. The van der Waals surface area contributed by atoms with Gasteiger partial charge in [-0.05, 0) is 73.3 Å². The van der Waals surface area contributed by atoms with E-state index in [-0.39, 0.29) is 12.8 Å². The fraction of sp³-hybridized carbons (Fsp3) is 0.607. The molecule has 0 unspecified atom stereocenters. The first-order valence-electron chi connectivity index (χ1n) is 13.6. The van der Waals surface area contributed by atoms with E-state index in [4.69, 9.17) is 15.3 Å². The highest BCUT2D eigenvalue weighted by molar-refractivity contribution is 5.93. The molecule has 0 saturated carbocycles. The number of nitrogens with two attached hydrogens (primary N) is 1. The second kappa shape index (κ2) is 16.4. The summed E-state index contributed by atoms with van der Waals surface area (Å²) >= 11 is 0. The minimum Gasteiger partial charge on any atom is -0.444 e. The molecule has 41 heavy (non-hydrogen) atoms. The summed E-state index contributed by atoms with van der Waals surface area (Å²) in [5.41, 5.74) is 1.46. The molecule has 1 rings (SSSR count). The number of alkyl carbamates (subject to hydrolysis) is 2. The van der Waals surface area contributed by atoms with Gasteiger partial charge in [-0.1, -0.05) is 30.3 Å². The Morgan fingerprint density at radius 3 is 1.88 bits per heavy atom. The highest BCUT2D eigenvalue weighted by Crippen LogP contribution is 2.09. The van der Waals surface area contributed by atoms with Gasteiger partial charge in [0.15, 0.2) is 0 Å². The summed E-state index contributed by atoms with van der Waals surface area (Å²) in [6.07, 6.45) is 0.0335. The molecule has 0 aliphatic carbocycles. The molecule has 0 radical (unpaired) electrons. The highest BCUT2D eigenvalue weighted by Gasteiger charge is 2.29. The quantitative estimate of drug-likeness (QED) is 0.0883. The van der Waals surface area contributed by atoms with Crippen LogP contribution in [0.5, 0.6) is 0 Å². The summed E-state index contributed by atoms with van der Waals surface area (Å²) in [7, 11) is 0. The van der Waals surface area contributed by atoms with Gasteiger partial charge in [0.05, 0.1) is 0 Å². The lowest BCUT2D eigenvalue weighted by molar-refractivity contribution is -0.132. The third-order valence-electron chi connectivity index (χ3n) is 5.41.